The fraction of sp³-hybridized carbons (Fsp3) is 0.793. The van der Waals surface area contributed by atoms with Gasteiger partial charge in [-0.1, -0.05) is 84.0 Å². The smallest absolute Gasteiger partial charge is 0.462 e. The van der Waals surface area contributed by atoms with Crippen LogP contribution in [0.25, 0.3) is 0 Å². The molecule has 0 spiro atoms. The SMILES string of the molecule is CCCCCCCCCCCCCCCC(=O)OC[C@H](COP(=O)(O)OCCN)OC(=O)CCCC(=O)/C=C/C=O. The molecule has 12 heteroatoms. The van der Waals surface area contributed by atoms with E-state index in [0.29, 0.717) is 12.7 Å². The second-order valence-electron chi connectivity index (χ2n) is 9.99. The van der Waals surface area contributed by atoms with E-state index in [-0.39, 0.29) is 51.2 Å². The van der Waals surface area contributed by atoms with Crippen LogP contribution >= 0.6 is 7.82 Å². The molecule has 0 aliphatic rings. The number of ether oxygens (including phenoxy) is 2. The topological polar surface area (TPSA) is 169 Å². The summed E-state index contributed by atoms with van der Waals surface area (Å²) in [6, 6.07) is 0. The highest BCUT2D eigenvalue weighted by atomic mass is 31.2. The summed E-state index contributed by atoms with van der Waals surface area (Å²) in [6.45, 7) is 1.12. The van der Waals surface area contributed by atoms with Crippen molar-refractivity contribution < 1.29 is 47.2 Å². The fourth-order valence-corrected chi connectivity index (χ4v) is 4.69. The predicted molar refractivity (Wildman–Crippen MR) is 156 cm³/mol. The van der Waals surface area contributed by atoms with E-state index in [4.69, 9.17) is 19.7 Å². The Kier molecular flexibility index (Phi) is 25.7. The van der Waals surface area contributed by atoms with Crippen molar-refractivity contribution in [1.29, 1.82) is 0 Å². The number of ketones is 1. The number of phosphoric acid groups is 1. The predicted octanol–water partition coefficient (Wildman–Crippen LogP) is 5.51. The first-order valence-electron chi connectivity index (χ1n) is 15.1. The molecule has 0 aromatic carbocycles. The van der Waals surface area contributed by atoms with Crippen molar-refractivity contribution >= 4 is 31.8 Å². The summed E-state index contributed by atoms with van der Waals surface area (Å²) in [5.41, 5.74) is 5.26. The molecular weight excluding hydrogens is 553 g/mol. The van der Waals surface area contributed by atoms with Crippen LogP contribution in [0.4, 0.5) is 0 Å². The molecule has 0 fully saturated rings. The molecule has 3 N–H and O–H groups in total. The summed E-state index contributed by atoms with van der Waals surface area (Å²) in [7, 11) is -4.44. The Morgan fingerprint density at radius 2 is 1.34 bits per heavy atom. The molecule has 0 radical (unpaired) electrons. The Labute approximate surface area is 245 Å². The quantitative estimate of drug-likeness (QED) is 0.0362. The van der Waals surface area contributed by atoms with E-state index < -0.39 is 32.5 Å². The Hall–Kier alpha value is -1.91. The number of carbonyl (C=O) groups is 4. The average molecular weight is 606 g/mol. The first-order chi connectivity index (χ1) is 19.7. The third kappa shape index (κ3) is 26.7. The molecule has 1 unspecified atom stereocenters. The lowest BCUT2D eigenvalue weighted by atomic mass is 10.0. The Morgan fingerprint density at radius 1 is 0.780 bits per heavy atom. The van der Waals surface area contributed by atoms with Gasteiger partial charge in [0.05, 0.1) is 13.2 Å². The first-order valence-corrected chi connectivity index (χ1v) is 16.5. The van der Waals surface area contributed by atoms with E-state index >= 15 is 0 Å². The number of nitrogens with two attached hydrogens (primary N) is 1. The number of esters is 2. The van der Waals surface area contributed by atoms with E-state index in [2.05, 4.69) is 11.4 Å². The molecule has 11 nitrogen and oxygen atoms in total. The van der Waals surface area contributed by atoms with Crippen LogP contribution in [0.3, 0.4) is 0 Å². The normalized spacial score (nSPS) is 13.5. The summed E-state index contributed by atoms with van der Waals surface area (Å²) in [5.74, 6) is -1.48. The zero-order valence-electron chi connectivity index (χ0n) is 24.8. The minimum absolute atomic E-state index is 0.00386. The van der Waals surface area contributed by atoms with Crippen molar-refractivity contribution in [3.8, 4) is 0 Å². The zero-order chi connectivity index (χ0) is 30.6. The third-order valence-electron chi connectivity index (χ3n) is 6.17. The van der Waals surface area contributed by atoms with Crippen LogP contribution in [0.2, 0.25) is 0 Å². The van der Waals surface area contributed by atoms with Crippen molar-refractivity contribution in [2.24, 2.45) is 5.73 Å². The highest BCUT2D eigenvalue weighted by Gasteiger charge is 2.26. The molecule has 0 heterocycles. The molecule has 0 rings (SSSR count). The average Bonchev–Trinajstić information content (AvgIpc) is 2.94. The lowest BCUT2D eigenvalue weighted by Gasteiger charge is -2.19. The van der Waals surface area contributed by atoms with Gasteiger partial charge in [0.25, 0.3) is 0 Å². The maximum absolute atomic E-state index is 12.2. The summed E-state index contributed by atoms with van der Waals surface area (Å²) in [5, 5.41) is 0. The molecule has 2 atom stereocenters. The zero-order valence-corrected chi connectivity index (χ0v) is 25.7. The van der Waals surface area contributed by atoms with Gasteiger partial charge in [0.15, 0.2) is 11.9 Å². The lowest BCUT2D eigenvalue weighted by molar-refractivity contribution is -0.161. The van der Waals surface area contributed by atoms with Gasteiger partial charge in [0.2, 0.25) is 0 Å². The van der Waals surface area contributed by atoms with Gasteiger partial charge in [-0.05, 0) is 25.0 Å². The minimum atomic E-state index is -4.44. The van der Waals surface area contributed by atoms with Gasteiger partial charge >= 0.3 is 19.8 Å². The maximum atomic E-state index is 12.2. The Bertz CT molecular complexity index is 790. The minimum Gasteiger partial charge on any atom is -0.462 e. The van der Waals surface area contributed by atoms with E-state index in [1.54, 1.807) is 0 Å². The van der Waals surface area contributed by atoms with Crippen LogP contribution in [0.5, 0.6) is 0 Å². The van der Waals surface area contributed by atoms with Crippen LogP contribution in [0.1, 0.15) is 116 Å². The standard InChI is InChI=1S/C29H52NO10P/c1-2-3-4-5-6-7-8-9-10-11-12-13-14-19-28(33)37-24-27(25-39-41(35,36)38-23-21-30)40-29(34)20-15-17-26(32)18-16-22-31/h16,18,22,27H,2-15,17,19-21,23-25,30H2,1H3,(H,35,36)/b18-16+/t27-/m1/s1. The highest BCUT2D eigenvalue weighted by molar-refractivity contribution is 7.47. The van der Waals surface area contributed by atoms with E-state index in [0.717, 1.165) is 31.4 Å². The lowest BCUT2D eigenvalue weighted by Crippen LogP contribution is -2.29. The Balaban J connectivity index is 4.32. The molecular formula is C29H52NO10P. The van der Waals surface area contributed by atoms with Crippen LogP contribution in [0, 0.1) is 0 Å². The molecule has 0 saturated heterocycles. The molecule has 238 valence electrons. The van der Waals surface area contributed by atoms with Gasteiger partial charge in [-0.2, -0.15) is 0 Å². The molecule has 0 aliphatic carbocycles. The highest BCUT2D eigenvalue weighted by Crippen LogP contribution is 2.43. The van der Waals surface area contributed by atoms with Gasteiger partial charge in [0, 0.05) is 25.8 Å². The number of aldehydes is 1. The van der Waals surface area contributed by atoms with Gasteiger partial charge in [-0.25, -0.2) is 4.57 Å². The summed E-state index contributed by atoms with van der Waals surface area (Å²) in [6.07, 6.45) is 17.3. The van der Waals surface area contributed by atoms with Crippen molar-refractivity contribution in [3.05, 3.63) is 12.2 Å². The van der Waals surface area contributed by atoms with Crippen molar-refractivity contribution in [1.82, 2.24) is 0 Å². The fourth-order valence-electron chi connectivity index (χ4n) is 3.93. The number of carbonyl (C=O) groups excluding carboxylic acids is 4. The number of allylic oxidation sites excluding steroid dienone is 2. The van der Waals surface area contributed by atoms with Crippen molar-refractivity contribution in [3.63, 3.8) is 0 Å². The Morgan fingerprint density at radius 3 is 1.90 bits per heavy atom. The largest absolute Gasteiger partial charge is 0.472 e. The van der Waals surface area contributed by atoms with Crippen LogP contribution < -0.4 is 5.73 Å². The van der Waals surface area contributed by atoms with Crippen LogP contribution in [-0.2, 0) is 42.3 Å². The summed E-state index contributed by atoms with van der Waals surface area (Å²) >= 11 is 0. The van der Waals surface area contributed by atoms with E-state index in [1.807, 2.05) is 0 Å². The van der Waals surface area contributed by atoms with Gasteiger partial charge in [-0.3, -0.25) is 28.2 Å². The number of hydrogen-bond donors (Lipinski definition) is 2. The van der Waals surface area contributed by atoms with Crippen molar-refractivity contribution in [2.75, 3.05) is 26.4 Å². The maximum Gasteiger partial charge on any atom is 0.472 e. The number of rotatable bonds is 29. The van der Waals surface area contributed by atoms with Crippen molar-refractivity contribution in [2.45, 2.75) is 122 Å². The second kappa shape index (κ2) is 27.0. The van der Waals surface area contributed by atoms with Crippen LogP contribution in [-0.4, -0.2) is 61.4 Å². The molecule has 0 aromatic heterocycles. The monoisotopic (exact) mass is 605 g/mol. The molecule has 0 amide bonds. The molecule has 41 heavy (non-hydrogen) atoms. The van der Waals surface area contributed by atoms with Gasteiger partial charge in [0.1, 0.15) is 12.9 Å². The summed E-state index contributed by atoms with van der Waals surface area (Å²) < 4.78 is 31.9. The van der Waals surface area contributed by atoms with Gasteiger partial charge in [-0.15, -0.1) is 0 Å². The first kappa shape index (κ1) is 39.1. The van der Waals surface area contributed by atoms with Crippen LogP contribution in [0.15, 0.2) is 12.2 Å². The number of unbranched alkanes of at least 4 members (excludes halogenated alkanes) is 12. The molecule has 0 saturated carbocycles. The van der Waals surface area contributed by atoms with E-state index in [9.17, 15) is 28.6 Å². The molecule has 0 bridgehead atoms. The molecule has 0 aromatic rings. The molecule has 0 aliphatic heterocycles. The van der Waals surface area contributed by atoms with E-state index in [1.165, 1.54) is 57.8 Å². The number of phosphoric ester groups is 1. The number of hydrogen-bond acceptors (Lipinski definition) is 10. The second-order valence-corrected chi connectivity index (χ2v) is 11.4. The summed E-state index contributed by atoms with van der Waals surface area (Å²) in [4.78, 5) is 55.9. The van der Waals surface area contributed by atoms with Gasteiger partial charge < -0.3 is 20.1 Å². The third-order valence-corrected chi connectivity index (χ3v) is 7.16.